The van der Waals surface area contributed by atoms with Crippen molar-refractivity contribution in [1.29, 1.82) is 0 Å². The first-order valence-corrected chi connectivity index (χ1v) is 6.84. The van der Waals surface area contributed by atoms with Gasteiger partial charge in [-0.2, -0.15) is 0 Å². The predicted octanol–water partition coefficient (Wildman–Crippen LogP) is 2.82. The predicted molar refractivity (Wildman–Crippen MR) is 80.2 cm³/mol. The number of nitrogens with zero attached hydrogens (tertiary/aromatic N) is 2. The molecule has 3 nitrogen and oxygen atoms in total. The average Bonchev–Trinajstić information content (AvgIpc) is 2.40. The maximum Gasteiger partial charge on any atom is 0.197 e. The Labute approximate surface area is 118 Å². The van der Waals surface area contributed by atoms with E-state index in [4.69, 9.17) is 29.6 Å². The summed E-state index contributed by atoms with van der Waals surface area (Å²) in [6.45, 7) is 1.96. The van der Waals surface area contributed by atoms with Gasteiger partial charge in [0.15, 0.2) is 5.11 Å². The summed E-state index contributed by atoms with van der Waals surface area (Å²) >= 11 is 11.1. The minimum absolute atomic E-state index is 0.447. The van der Waals surface area contributed by atoms with E-state index in [1.165, 1.54) is 19.3 Å². The molecule has 1 heterocycles. The molecule has 0 atom stereocenters. The number of hydrogen-bond donors (Lipinski definition) is 1. The van der Waals surface area contributed by atoms with Crippen molar-refractivity contribution in [3.8, 4) is 0 Å². The molecule has 2 rings (SSSR count). The Hall–Kier alpha value is -1.13. The molecule has 1 aliphatic rings. The summed E-state index contributed by atoms with van der Waals surface area (Å²) in [5.74, 6) is 0.447. The average molecular weight is 282 g/mol. The standard InChI is InChI=1S/C13H16ClN3S/c14-11-6-4-10(5-7-11)12(15)16-13(18)17-8-2-1-3-9-17/h4-7H,1-3,8-9H2,(H2,15,16,18). The highest BCUT2D eigenvalue weighted by Gasteiger charge is 2.13. The Kier molecular flexibility index (Phi) is 4.55. The van der Waals surface area contributed by atoms with E-state index >= 15 is 0 Å². The van der Waals surface area contributed by atoms with E-state index in [0.717, 1.165) is 18.7 Å². The van der Waals surface area contributed by atoms with Crippen LogP contribution in [0.4, 0.5) is 0 Å². The van der Waals surface area contributed by atoms with E-state index in [0.29, 0.717) is 16.0 Å². The molecule has 0 amide bonds. The molecule has 0 spiro atoms. The molecule has 0 radical (unpaired) electrons. The van der Waals surface area contributed by atoms with Crippen LogP contribution in [0.15, 0.2) is 29.3 Å². The van der Waals surface area contributed by atoms with Crippen LogP contribution in [-0.2, 0) is 0 Å². The van der Waals surface area contributed by atoms with Crippen LogP contribution in [-0.4, -0.2) is 28.9 Å². The number of aliphatic imine (C=N–C) groups is 1. The van der Waals surface area contributed by atoms with Crippen molar-refractivity contribution in [2.24, 2.45) is 10.7 Å². The van der Waals surface area contributed by atoms with Gasteiger partial charge in [-0.3, -0.25) is 0 Å². The molecule has 1 aromatic carbocycles. The van der Waals surface area contributed by atoms with Gasteiger partial charge in [0.2, 0.25) is 0 Å². The van der Waals surface area contributed by atoms with Crippen LogP contribution >= 0.6 is 23.8 Å². The second-order valence-corrected chi connectivity index (χ2v) is 5.14. The van der Waals surface area contributed by atoms with E-state index in [9.17, 15) is 0 Å². The van der Waals surface area contributed by atoms with Gasteiger partial charge in [0.1, 0.15) is 5.84 Å². The Balaban J connectivity index is 2.07. The molecular weight excluding hydrogens is 266 g/mol. The Morgan fingerprint density at radius 3 is 2.39 bits per heavy atom. The van der Waals surface area contributed by atoms with Crippen LogP contribution in [0.25, 0.3) is 0 Å². The van der Waals surface area contributed by atoms with Gasteiger partial charge >= 0.3 is 0 Å². The maximum absolute atomic E-state index is 5.95. The molecule has 1 saturated heterocycles. The van der Waals surface area contributed by atoms with Crippen molar-refractivity contribution >= 4 is 34.8 Å². The third kappa shape index (κ3) is 3.43. The van der Waals surface area contributed by atoms with Gasteiger partial charge in [0.25, 0.3) is 0 Å². The summed E-state index contributed by atoms with van der Waals surface area (Å²) in [6, 6.07) is 7.28. The molecule has 96 valence electrons. The minimum atomic E-state index is 0.447. The van der Waals surface area contributed by atoms with Crippen molar-refractivity contribution in [3.63, 3.8) is 0 Å². The number of piperidine rings is 1. The van der Waals surface area contributed by atoms with Crippen molar-refractivity contribution in [2.75, 3.05) is 13.1 Å². The monoisotopic (exact) mass is 281 g/mol. The van der Waals surface area contributed by atoms with Crippen molar-refractivity contribution in [2.45, 2.75) is 19.3 Å². The summed E-state index contributed by atoms with van der Waals surface area (Å²) in [5.41, 5.74) is 6.79. The highest BCUT2D eigenvalue weighted by molar-refractivity contribution is 7.80. The zero-order valence-electron chi connectivity index (χ0n) is 10.1. The van der Waals surface area contributed by atoms with E-state index < -0.39 is 0 Å². The number of benzene rings is 1. The van der Waals surface area contributed by atoms with Crippen LogP contribution in [0.5, 0.6) is 0 Å². The van der Waals surface area contributed by atoms with Crippen LogP contribution in [0.1, 0.15) is 24.8 Å². The molecule has 0 aliphatic carbocycles. The first-order chi connectivity index (χ1) is 8.66. The summed E-state index contributed by atoms with van der Waals surface area (Å²) in [7, 11) is 0. The Bertz CT molecular complexity index is 450. The lowest BCUT2D eigenvalue weighted by Gasteiger charge is -2.26. The normalized spacial score (nSPS) is 16.7. The smallest absolute Gasteiger partial charge is 0.197 e. The first kappa shape index (κ1) is 13.3. The van der Waals surface area contributed by atoms with E-state index in [-0.39, 0.29) is 0 Å². The Morgan fingerprint density at radius 1 is 1.17 bits per heavy atom. The first-order valence-electron chi connectivity index (χ1n) is 6.06. The van der Waals surface area contributed by atoms with E-state index in [1.54, 1.807) is 12.1 Å². The lowest BCUT2D eigenvalue weighted by molar-refractivity contribution is 0.344. The maximum atomic E-state index is 5.95. The van der Waals surface area contributed by atoms with Crippen LogP contribution in [0.3, 0.4) is 0 Å². The largest absolute Gasteiger partial charge is 0.383 e. The third-order valence-electron chi connectivity index (χ3n) is 2.98. The highest BCUT2D eigenvalue weighted by Crippen LogP contribution is 2.12. The molecular formula is C13H16ClN3S. The zero-order chi connectivity index (χ0) is 13.0. The minimum Gasteiger partial charge on any atom is -0.383 e. The fraction of sp³-hybridized carbons (Fsp3) is 0.385. The lowest BCUT2D eigenvalue weighted by atomic mass is 10.1. The number of hydrogen-bond acceptors (Lipinski definition) is 1. The summed E-state index contributed by atoms with van der Waals surface area (Å²) < 4.78 is 0. The van der Waals surface area contributed by atoms with Crippen LogP contribution < -0.4 is 5.73 Å². The summed E-state index contributed by atoms with van der Waals surface area (Å²) in [5, 5.41) is 1.27. The number of halogens is 1. The van der Waals surface area contributed by atoms with Crippen LogP contribution in [0.2, 0.25) is 5.02 Å². The SMILES string of the molecule is N/C(=N\C(=S)N1CCCCC1)c1ccc(Cl)cc1. The molecule has 1 aromatic rings. The molecule has 0 saturated carbocycles. The molecule has 1 aliphatic heterocycles. The molecule has 0 bridgehead atoms. The number of amidine groups is 1. The van der Waals surface area contributed by atoms with Gasteiger partial charge in [-0.05, 0) is 55.7 Å². The highest BCUT2D eigenvalue weighted by atomic mass is 35.5. The van der Waals surface area contributed by atoms with Gasteiger partial charge in [0.05, 0.1) is 0 Å². The summed E-state index contributed by atoms with van der Waals surface area (Å²) in [6.07, 6.45) is 3.63. The van der Waals surface area contributed by atoms with Gasteiger partial charge < -0.3 is 10.6 Å². The van der Waals surface area contributed by atoms with E-state index in [1.807, 2.05) is 12.1 Å². The zero-order valence-corrected chi connectivity index (χ0v) is 11.7. The second-order valence-electron chi connectivity index (χ2n) is 4.33. The van der Waals surface area contributed by atoms with E-state index in [2.05, 4.69) is 9.89 Å². The molecule has 2 N–H and O–H groups in total. The van der Waals surface area contributed by atoms with Crippen molar-refractivity contribution in [3.05, 3.63) is 34.9 Å². The molecule has 18 heavy (non-hydrogen) atoms. The topological polar surface area (TPSA) is 41.6 Å². The van der Waals surface area contributed by atoms with Crippen molar-refractivity contribution < 1.29 is 0 Å². The Morgan fingerprint density at radius 2 is 1.78 bits per heavy atom. The molecule has 0 unspecified atom stereocenters. The van der Waals surface area contributed by atoms with Crippen molar-refractivity contribution in [1.82, 2.24) is 4.90 Å². The number of thiocarbonyl (C=S) groups is 1. The van der Waals surface area contributed by atoms with Crippen LogP contribution in [0, 0.1) is 0 Å². The molecule has 0 aromatic heterocycles. The fourth-order valence-corrected chi connectivity index (χ4v) is 2.35. The molecule has 5 heteroatoms. The quantitative estimate of drug-likeness (QED) is 0.489. The lowest BCUT2D eigenvalue weighted by Crippen LogP contribution is -2.34. The van der Waals surface area contributed by atoms with Gasteiger partial charge in [0, 0.05) is 23.7 Å². The van der Waals surface area contributed by atoms with Gasteiger partial charge in [-0.15, -0.1) is 0 Å². The van der Waals surface area contributed by atoms with Gasteiger partial charge in [-0.1, -0.05) is 11.6 Å². The number of nitrogens with two attached hydrogens (primary N) is 1. The number of likely N-dealkylation sites (tertiary alicyclic amines) is 1. The molecule has 1 fully saturated rings. The third-order valence-corrected chi connectivity index (χ3v) is 3.58. The second kappa shape index (κ2) is 6.16. The number of rotatable bonds is 1. The summed E-state index contributed by atoms with van der Waals surface area (Å²) in [4.78, 5) is 6.42. The fourth-order valence-electron chi connectivity index (χ4n) is 1.94. The van der Waals surface area contributed by atoms with Gasteiger partial charge in [-0.25, -0.2) is 4.99 Å².